The van der Waals surface area contributed by atoms with Gasteiger partial charge in [-0.2, -0.15) is 0 Å². The van der Waals surface area contributed by atoms with E-state index >= 15 is 0 Å². The fourth-order valence-corrected chi connectivity index (χ4v) is 3.63. The van der Waals surface area contributed by atoms with Crippen LogP contribution in [0.1, 0.15) is 40.4 Å². The van der Waals surface area contributed by atoms with E-state index in [0.29, 0.717) is 0 Å². The summed E-state index contributed by atoms with van der Waals surface area (Å²) < 4.78 is 1.01. The molecule has 0 aromatic heterocycles. The SMILES string of the molecule is O=C(O)c1cccc(CC(=O)N2CCCC2c2cccc(Br)c2)c1. The number of rotatable bonds is 4. The molecule has 4 nitrogen and oxygen atoms in total. The zero-order valence-electron chi connectivity index (χ0n) is 13.1. The zero-order valence-corrected chi connectivity index (χ0v) is 14.7. The standard InChI is InChI=1S/C19H18BrNO3/c20-16-7-2-5-14(12-16)17-8-3-9-21(17)18(22)11-13-4-1-6-15(10-13)19(23)24/h1-2,4-7,10,12,17H,3,8-9,11H2,(H,23,24). The van der Waals surface area contributed by atoms with Crippen molar-refractivity contribution in [2.24, 2.45) is 0 Å². The lowest BCUT2D eigenvalue weighted by Gasteiger charge is -2.25. The number of halogens is 1. The molecule has 124 valence electrons. The molecule has 24 heavy (non-hydrogen) atoms. The van der Waals surface area contributed by atoms with Crippen LogP contribution in [0.3, 0.4) is 0 Å². The van der Waals surface area contributed by atoms with Crippen LogP contribution in [-0.4, -0.2) is 28.4 Å². The molecule has 0 radical (unpaired) electrons. The Morgan fingerprint density at radius 1 is 1.17 bits per heavy atom. The van der Waals surface area contributed by atoms with Gasteiger partial charge in [-0.25, -0.2) is 4.79 Å². The summed E-state index contributed by atoms with van der Waals surface area (Å²) in [5.74, 6) is -0.933. The predicted octanol–water partition coefficient (Wildman–Crippen LogP) is 4.05. The van der Waals surface area contributed by atoms with Crippen LogP contribution in [0.5, 0.6) is 0 Å². The van der Waals surface area contributed by atoms with E-state index in [4.69, 9.17) is 5.11 Å². The molecule has 1 atom stereocenters. The molecule has 0 spiro atoms. The summed E-state index contributed by atoms with van der Waals surface area (Å²) in [6.07, 6.45) is 2.17. The average molecular weight is 388 g/mol. The molecule has 1 N–H and O–H groups in total. The third-order valence-corrected chi connectivity index (χ3v) is 4.83. The van der Waals surface area contributed by atoms with Gasteiger partial charge >= 0.3 is 5.97 Å². The Hall–Kier alpha value is -2.14. The molecule has 1 saturated heterocycles. The van der Waals surface area contributed by atoms with Gasteiger partial charge in [-0.15, -0.1) is 0 Å². The van der Waals surface area contributed by atoms with Crippen molar-refractivity contribution >= 4 is 27.8 Å². The first-order valence-corrected chi connectivity index (χ1v) is 8.71. The van der Waals surface area contributed by atoms with Crippen molar-refractivity contribution in [3.63, 3.8) is 0 Å². The number of nitrogens with zero attached hydrogens (tertiary/aromatic N) is 1. The number of amides is 1. The summed E-state index contributed by atoms with van der Waals surface area (Å²) in [6, 6.07) is 14.8. The second kappa shape index (κ2) is 7.18. The maximum absolute atomic E-state index is 12.7. The topological polar surface area (TPSA) is 57.6 Å². The van der Waals surface area contributed by atoms with E-state index in [9.17, 15) is 9.59 Å². The lowest BCUT2D eigenvalue weighted by atomic mass is 10.0. The van der Waals surface area contributed by atoms with Crippen molar-refractivity contribution in [2.45, 2.75) is 25.3 Å². The minimum Gasteiger partial charge on any atom is -0.478 e. The fourth-order valence-electron chi connectivity index (χ4n) is 3.22. The molecule has 0 aliphatic carbocycles. The lowest BCUT2D eigenvalue weighted by Crippen LogP contribution is -2.31. The van der Waals surface area contributed by atoms with Crippen LogP contribution in [0.25, 0.3) is 0 Å². The summed E-state index contributed by atoms with van der Waals surface area (Å²) in [5, 5.41) is 9.07. The third-order valence-electron chi connectivity index (χ3n) is 4.34. The zero-order chi connectivity index (χ0) is 17.1. The highest BCUT2D eigenvalue weighted by Gasteiger charge is 2.29. The molecule has 1 aliphatic rings. The van der Waals surface area contributed by atoms with E-state index in [-0.39, 0.29) is 23.9 Å². The normalized spacial score (nSPS) is 17.0. The molecule has 2 aromatic carbocycles. The molecule has 1 aliphatic heterocycles. The summed E-state index contributed by atoms with van der Waals surface area (Å²) in [4.78, 5) is 25.7. The van der Waals surface area contributed by atoms with Crippen molar-refractivity contribution in [3.8, 4) is 0 Å². The van der Waals surface area contributed by atoms with Gasteiger partial charge < -0.3 is 10.0 Å². The van der Waals surface area contributed by atoms with Gasteiger partial charge in [0.2, 0.25) is 5.91 Å². The second-order valence-electron chi connectivity index (χ2n) is 5.98. The number of hydrogen-bond donors (Lipinski definition) is 1. The molecule has 0 saturated carbocycles. The largest absolute Gasteiger partial charge is 0.478 e. The Bertz CT molecular complexity index is 775. The van der Waals surface area contributed by atoms with Gasteiger partial charge in [0, 0.05) is 11.0 Å². The van der Waals surface area contributed by atoms with E-state index in [1.165, 1.54) is 6.07 Å². The number of hydrogen-bond acceptors (Lipinski definition) is 2. The van der Waals surface area contributed by atoms with Crippen molar-refractivity contribution in [2.75, 3.05) is 6.54 Å². The molecule has 2 aromatic rings. The van der Waals surface area contributed by atoms with E-state index in [2.05, 4.69) is 22.0 Å². The number of aromatic carboxylic acids is 1. The van der Waals surface area contributed by atoms with Crippen LogP contribution < -0.4 is 0 Å². The molecule has 1 fully saturated rings. The van der Waals surface area contributed by atoms with Gasteiger partial charge in [-0.05, 0) is 48.2 Å². The summed E-state index contributed by atoms with van der Waals surface area (Å²) >= 11 is 3.48. The average Bonchev–Trinajstić information content (AvgIpc) is 3.05. The van der Waals surface area contributed by atoms with Gasteiger partial charge in [-0.3, -0.25) is 4.79 Å². The molecule has 0 bridgehead atoms. The van der Waals surface area contributed by atoms with Gasteiger partial charge in [-0.1, -0.05) is 40.2 Å². The first kappa shape index (κ1) is 16.7. The second-order valence-corrected chi connectivity index (χ2v) is 6.90. The van der Waals surface area contributed by atoms with E-state index < -0.39 is 5.97 Å². The Morgan fingerprint density at radius 2 is 1.96 bits per heavy atom. The highest BCUT2D eigenvalue weighted by Crippen LogP contribution is 2.33. The molecular weight excluding hydrogens is 370 g/mol. The van der Waals surface area contributed by atoms with E-state index in [0.717, 1.165) is 35.0 Å². The van der Waals surface area contributed by atoms with Gasteiger partial charge in [0.05, 0.1) is 18.0 Å². The third kappa shape index (κ3) is 3.67. The Kier molecular flexibility index (Phi) is 5.00. The molecule has 1 unspecified atom stereocenters. The summed E-state index contributed by atoms with van der Waals surface area (Å²) in [5.41, 5.74) is 2.08. The van der Waals surface area contributed by atoms with Gasteiger partial charge in [0.1, 0.15) is 0 Å². The first-order chi connectivity index (χ1) is 11.5. The number of carboxylic acid groups (broad SMARTS) is 1. The van der Waals surface area contributed by atoms with Crippen molar-refractivity contribution in [1.29, 1.82) is 0 Å². The maximum atomic E-state index is 12.7. The monoisotopic (exact) mass is 387 g/mol. The highest BCUT2D eigenvalue weighted by molar-refractivity contribution is 9.10. The van der Waals surface area contributed by atoms with E-state index in [1.807, 2.05) is 23.1 Å². The number of likely N-dealkylation sites (tertiary alicyclic amines) is 1. The number of carbonyl (C=O) groups excluding carboxylic acids is 1. The number of carboxylic acids is 1. The maximum Gasteiger partial charge on any atom is 0.335 e. The van der Waals surface area contributed by atoms with E-state index in [1.54, 1.807) is 18.2 Å². The minimum absolute atomic E-state index is 0.0417. The Balaban J connectivity index is 1.76. The van der Waals surface area contributed by atoms with Crippen LogP contribution in [0, 0.1) is 0 Å². The molecule has 3 rings (SSSR count). The van der Waals surface area contributed by atoms with Gasteiger partial charge in [0.15, 0.2) is 0 Å². The van der Waals surface area contributed by atoms with Gasteiger partial charge in [0.25, 0.3) is 0 Å². The molecule has 1 heterocycles. The molecule has 5 heteroatoms. The van der Waals surface area contributed by atoms with Crippen LogP contribution in [0.2, 0.25) is 0 Å². The minimum atomic E-state index is -0.975. The van der Waals surface area contributed by atoms with Crippen LogP contribution in [0.4, 0.5) is 0 Å². The van der Waals surface area contributed by atoms with Crippen LogP contribution in [0.15, 0.2) is 53.0 Å². The van der Waals surface area contributed by atoms with Crippen LogP contribution >= 0.6 is 15.9 Å². The lowest BCUT2D eigenvalue weighted by molar-refractivity contribution is -0.131. The number of benzene rings is 2. The quantitative estimate of drug-likeness (QED) is 0.860. The van der Waals surface area contributed by atoms with Crippen molar-refractivity contribution in [3.05, 3.63) is 69.7 Å². The molecule has 1 amide bonds. The Labute approximate surface area is 149 Å². The summed E-state index contributed by atoms with van der Waals surface area (Å²) in [7, 11) is 0. The Morgan fingerprint density at radius 3 is 2.71 bits per heavy atom. The number of carbonyl (C=O) groups is 2. The highest BCUT2D eigenvalue weighted by atomic mass is 79.9. The predicted molar refractivity (Wildman–Crippen MR) is 94.9 cm³/mol. The van der Waals surface area contributed by atoms with Crippen molar-refractivity contribution in [1.82, 2.24) is 4.90 Å². The summed E-state index contributed by atoms with van der Waals surface area (Å²) in [6.45, 7) is 0.745. The van der Waals surface area contributed by atoms with Crippen LogP contribution in [-0.2, 0) is 11.2 Å². The smallest absolute Gasteiger partial charge is 0.335 e. The first-order valence-electron chi connectivity index (χ1n) is 7.92. The van der Waals surface area contributed by atoms with Crippen molar-refractivity contribution < 1.29 is 14.7 Å². The molecular formula is C19H18BrNO3. The fraction of sp³-hybridized carbons (Fsp3) is 0.263.